The Kier molecular flexibility index (Phi) is 2.59. The molecule has 11 heavy (non-hydrogen) atoms. The fourth-order valence-corrected chi connectivity index (χ4v) is 1.03. The van der Waals surface area contributed by atoms with E-state index in [4.69, 9.17) is 4.74 Å². The summed E-state index contributed by atoms with van der Waals surface area (Å²) in [6.45, 7) is 0.505. The van der Waals surface area contributed by atoms with Gasteiger partial charge in [0.05, 0.1) is 7.11 Å². The van der Waals surface area contributed by atoms with Gasteiger partial charge in [-0.1, -0.05) is 0 Å². The predicted octanol–water partition coefficient (Wildman–Crippen LogP) is -0.235. The van der Waals surface area contributed by atoms with Gasteiger partial charge in [-0.3, -0.25) is 9.59 Å². The highest BCUT2D eigenvalue weighted by molar-refractivity contribution is 5.99. The van der Waals surface area contributed by atoms with Crippen molar-refractivity contribution in [2.24, 2.45) is 5.92 Å². The van der Waals surface area contributed by atoms with E-state index in [-0.39, 0.29) is 12.4 Å². The molecule has 0 radical (unpaired) electrons. The third-order valence-electron chi connectivity index (χ3n) is 1.67. The molecule has 0 aromatic carbocycles. The molecule has 0 spiro atoms. The van der Waals surface area contributed by atoms with Crippen LogP contribution in [0.2, 0.25) is 0 Å². The number of carbonyl (C=O) groups excluding carboxylic acids is 2. The Morgan fingerprint density at radius 1 is 1.73 bits per heavy atom. The molecular weight excluding hydrogens is 148 g/mol. The maximum Gasteiger partial charge on any atom is 0.316 e. The summed E-state index contributed by atoms with van der Waals surface area (Å²) in [5.41, 5.74) is 0. The first kappa shape index (κ1) is 8.20. The SMILES string of the molecule is COC(=O)C1CCOCC1=O. The maximum atomic E-state index is 11.0. The standard InChI is InChI=1S/C7H10O4/c1-10-7(9)5-2-3-11-4-6(5)8/h5H,2-4H2,1H3. The minimum atomic E-state index is -0.589. The molecule has 1 rings (SSSR count). The number of Topliss-reactive ketones (excluding diaryl/α,β-unsaturated/α-hetero) is 1. The van der Waals surface area contributed by atoms with Crippen molar-refractivity contribution in [3.05, 3.63) is 0 Å². The molecule has 0 aromatic rings. The zero-order valence-electron chi connectivity index (χ0n) is 6.33. The van der Waals surface area contributed by atoms with E-state index in [9.17, 15) is 9.59 Å². The van der Waals surface area contributed by atoms with E-state index >= 15 is 0 Å². The molecule has 1 unspecified atom stereocenters. The highest BCUT2D eigenvalue weighted by Gasteiger charge is 2.29. The Morgan fingerprint density at radius 3 is 3.00 bits per heavy atom. The monoisotopic (exact) mass is 158 g/mol. The highest BCUT2D eigenvalue weighted by Crippen LogP contribution is 2.12. The van der Waals surface area contributed by atoms with Crippen LogP contribution in [0.5, 0.6) is 0 Å². The Hall–Kier alpha value is -0.900. The van der Waals surface area contributed by atoms with Crippen molar-refractivity contribution >= 4 is 11.8 Å². The summed E-state index contributed by atoms with van der Waals surface area (Å²) < 4.78 is 9.29. The zero-order valence-corrected chi connectivity index (χ0v) is 6.33. The fourth-order valence-electron chi connectivity index (χ4n) is 1.03. The van der Waals surface area contributed by atoms with Crippen LogP contribution >= 0.6 is 0 Å². The second-order valence-corrected chi connectivity index (χ2v) is 2.38. The summed E-state index contributed by atoms with van der Waals surface area (Å²) in [4.78, 5) is 21.8. The topological polar surface area (TPSA) is 52.6 Å². The second-order valence-electron chi connectivity index (χ2n) is 2.38. The van der Waals surface area contributed by atoms with Gasteiger partial charge >= 0.3 is 5.97 Å². The Morgan fingerprint density at radius 2 is 2.45 bits per heavy atom. The van der Waals surface area contributed by atoms with Gasteiger partial charge in [-0.2, -0.15) is 0 Å². The molecule has 1 fully saturated rings. The molecule has 0 saturated carbocycles. The van der Waals surface area contributed by atoms with Crippen LogP contribution in [0, 0.1) is 5.92 Å². The van der Waals surface area contributed by atoms with Crippen LogP contribution in [0.25, 0.3) is 0 Å². The van der Waals surface area contributed by atoms with Gasteiger partial charge in [0, 0.05) is 6.61 Å². The molecule has 0 amide bonds. The summed E-state index contributed by atoms with van der Waals surface area (Å²) in [6.07, 6.45) is 0.450. The van der Waals surface area contributed by atoms with Crippen LogP contribution in [0.3, 0.4) is 0 Å². The quantitative estimate of drug-likeness (QED) is 0.390. The van der Waals surface area contributed by atoms with E-state index in [1.807, 2.05) is 0 Å². The van der Waals surface area contributed by atoms with Crippen molar-refractivity contribution in [2.75, 3.05) is 20.3 Å². The summed E-state index contributed by atoms with van der Waals surface area (Å²) in [6, 6.07) is 0. The lowest BCUT2D eigenvalue weighted by molar-refractivity contribution is -0.154. The van der Waals surface area contributed by atoms with E-state index in [2.05, 4.69) is 4.74 Å². The zero-order chi connectivity index (χ0) is 8.27. The molecule has 62 valence electrons. The van der Waals surface area contributed by atoms with Gasteiger partial charge in [0.1, 0.15) is 12.5 Å². The molecular formula is C7H10O4. The fraction of sp³-hybridized carbons (Fsp3) is 0.714. The highest BCUT2D eigenvalue weighted by atomic mass is 16.5. The lowest BCUT2D eigenvalue weighted by Crippen LogP contribution is -2.33. The number of ketones is 1. The van der Waals surface area contributed by atoms with E-state index in [0.29, 0.717) is 13.0 Å². The van der Waals surface area contributed by atoms with Gasteiger partial charge in [0.15, 0.2) is 5.78 Å². The molecule has 1 aliphatic rings. The second kappa shape index (κ2) is 3.48. The molecule has 0 N–H and O–H groups in total. The van der Waals surface area contributed by atoms with Gasteiger partial charge < -0.3 is 9.47 Å². The van der Waals surface area contributed by atoms with Crippen molar-refractivity contribution in [3.63, 3.8) is 0 Å². The summed E-state index contributed by atoms with van der Waals surface area (Å²) >= 11 is 0. The van der Waals surface area contributed by atoms with E-state index in [1.165, 1.54) is 7.11 Å². The minimum absolute atomic E-state index is 0.0414. The summed E-state index contributed by atoms with van der Waals surface area (Å²) in [7, 11) is 1.28. The number of esters is 1. The number of ether oxygens (including phenoxy) is 2. The number of carbonyl (C=O) groups is 2. The van der Waals surface area contributed by atoms with Crippen molar-refractivity contribution in [2.45, 2.75) is 6.42 Å². The Balaban J connectivity index is 2.54. The van der Waals surface area contributed by atoms with Crippen molar-refractivity contribution in [1.82, 2.24) is 0 Å². The molecule has 1 atom stereocenters. The first-order valence-electron chi connectivity index (χ1n) is 3.44. The first-order chi connectivity index (χ1) is 5.25. The number of hydrogen-bond acceptors (Lipinski definition) is 4. The Bertz CT molecular complexity index is 167. The van der Waals surface area contributed by atoms with Crippen molar-refractivity contribution in [3.8, 4) is 0 Å². The largest absolute Gasteiger partial charge is 0.468 e. The average Bonchev–Trinajstić information content (AvgIpc) is 2.04. The third kappa shape index (κ3) is 1.77. The smallest absolute Gasteiger partial charge is 0.316 e. The van der Waals surface area contributed by atoms with Crippen molar-refractivity contribution < 1.29 is 19.1 Å². The Labute approximate surface area is 64.5 Å². The summed E-state index contributed by atoms with van der Waals surface area (Å²) in [5.74, 6) is -1.21. The van der Waals surface area contributed by atoms with Gasteiger partial charge in [0.25, 0.3) is 0 Å². The van der Waals surface area contributed by atoms with Crippen LogP contribution in [-0.2, 0) is 19.1 Å². The van der Waals surface area contributed by atoms with Crippen molar-refractivity contribution in [1.29, 1.82) is 0 Å². The maximum absolute atomic E-state index is 11.0. The van der Waals surface area contributed by atoms with Gasteiger partial charge in [-0.25, -0.2) is 0 Å². The predicted molar refractivity (Wildman–Crippen MR) is 35.9 cm³/mol. The number of hydrogen-bond donors (Lipinski definition) is 0. The molecule has 0 aliphatic carbocycles. The molecule has 0 bridgehead atoms. The average molecular weight is 158 g/mol. The normalized spacial score (nSPS) is 24.8. The molecule has 1 heterocycles. The van der Waals surface area contributed by atoms with Crippen LogP contribution in [0.15, 0.2) is 0 Å². The lowest BCUT2D eigenvalue weighted by atomic mass is 9.99. The molecule has 1 saturated heterocycles. The summed E-state index contributed by atoms with van der Waals surface area (Å²) in [5, 5.41) is 0. The molecule has 0 aromatic heterocycles. The number of methoxy groups -OCH3 is 1. The van der Waals surface area contributed by atoms with Crippen LogP contribution < -0.4 is 0 Å². The van der Waals surface area contributed by atoms with Crippen LogP contribution in [-0.4, -0.2) is 32.1 Å². The van der Waals surface area contributed by atoms with Gasteiger partial charge in [0.2, 0.25) is 0 Å². The number of rotatable bonds is 1. The van der Waals surface area contributed by atoms with Crippen LogP contribution in [0.4, 0.5) is 0 Å². The molecule has 4 nitrogen and oxygen atoms in total. The van der Waals surface area contributed by atoms with Gasteiger partial charge in [-0.05, 0) is 6.42 Å². The molecule has 1 aliphatic heterocycles. The van der Waals surface area contributed by atoms with Crippen LogP contribution in [0.1, 0.15) is 6.42 Å². The third-order valence-corrected chi connectivity index (χ3v) is 1.67. The molecule has 4 heteroatoms. The first-order valence-corrected chi connectivity index (χ1v) is 3.44. The van der Waals surface area contributed by atoms with E-state index < -0.39 is 11.9 Å². The van der Waals surface area contributed by atoms with E-state index in [1.54, 1.807) is 0 Å². The van der Waals surface area contributed by atoms with Gasteiger partial charge in [-0.15, -0.1) is 0 Å². The minimum Gasteiger partial charge on any atom is -0.468 e. The van der Waals surface area contributed by atoms with E-state index in [0.717, 1.165) is 0 Å². The lowest BCUT2D eigenvalue weighted by Gasteiger charge is -2.17.